The van der Waals surface area contributed by atoms with E-state index >= 15 is 0 Å². The van der Waals surface area contributed by atoms with Gasteiger partial charge in [0.05, 0.1) is 5.69 Å². The van der Waals surface area contributed by atoms with Crippen molar-refractivity contribution in [2.24, 2.45) is 0 Å². The Kier molecular flexibility index (Phi) is 6.89. The first-order valence-electron chi connectivity index (χ1n) is 11.6. The van der Waals surface area contributed by atoms with E-state index in [2.05, 4.69) is 15.2 Å². The molecule has 4 rings (SSSR count). The Morgan fingerprint density at radius 1 is 1.10 bits per heavy atom. The number of rotatable bonds is 5. The van der Waals surface area contributed by atoms with Crippen LogP contribution in [0.25, 0.3) is 11.4 Å². The van der Waals surface area contributed by atoms with Crippen molar-refractivity contribution in [3.05, 3.63) is 41.7 Å². The second-order valence-corrected chi connectivity index (χ2v) is 8.44. The Morgan fingerprint density at radius 3 is 2.61 bits per heavy atom. The lowest BCUT2D eigenvalue weighted by molar-refractivity contribution is 0.0181. The third-order valence-electron chi connectivity index (χ3n) is 6.21. The summed E-state index contributed by atoms with van der Waals surface area (Å²) in [4.78, 5) is 29.6. The van der Waals surface area contributed by atoms with E-state index in [9.17, 15) is 9.59 Å². The largest absolute Gasteiger partial charge is 0.458 e. The van der Waals surface area contributed by atoms with E-state index in [-0.39, 0.29) is 24.1 Å². The van der Waals surface area contributed by atoms with Crippen molar-refractivity contribution < 1.29 is 14.3 Å². The molecule has 0 radical (unpaired) electrons. The fourth-order valence-electron chi connectivity index (χ4n) is 4.62. The molecule has 1 aliphatic carbocycles. The normalized spacial score (nSPS) is 20.9. The number of esters is 1. The minimum absolute atomic E-state index is 0.122. The summed E-state index contributed by atoms with van der Waals surface area (Å²) in [5, 5.41) is 5.75. The van der Waals surface area contributed by atoms with Crippen LogP contribution in [0.2, 0.25) is 0 Å². The molecule has 2 heterocycles. The lowest BCUT2D eigenvalue weighted by atomic mass is 9.93. The fraction of sp³-hybridized carbons (Fsp3) is 0.542. The highest BCUT2D eigenvalue weighted by molar-refractivity contribution is 5.90. The predicted molar refractivity (Wildman–Crippen MR) is 119 cm³/mol. The van der Waals surface area contributed by atoms with Crippen LogP contribution in [-0.4, -0.2) is 40.2 Å². The number of nitrogens with one attached hydrogen (secondary N) is 2. The van der Waals surface area contributed by atoms with Gasteiger partial charge in [0.15, 0.2) is 5.69 Å². The van der Waals surface area contributed by atoms with Crippen LogP contribution in [0, 0.1) is 0 Å². The van der Waals surface area contributed by atoms with Crippen molar-refractivity contribution in [3.63, 3.8) is 0 Å². The minimum Gasteiger partial charge on any atom is -0.458 e. The maximum atomic E-state index is 13.1. The van der Waals surface area contributed by atoms with E-state index in [0.29, 0.717) is 12.2 Å². The Morgan fingerprint density at radius 2 is 1.87 bits per heavy atom. The van der Waals surface area contributed by atoms with Crippen LogP contribution in [0.15, 0.2) is 30.3 Å². The van der Waals surface area contributed by atoms with Crippen LogP contribution in [0.4, 0.5) is 4.79 Å². The third kappa shape index (κ3) is 5.09. The van der Waals surface area contributed by atoms with Gasteiger partial charge in [0.2, 0.25) is 0 Å². The summed E-state index contributed by atoms with van der Waals surface area (Å²) in [6, 6.07) is 10.1. The molecule has 2 aliphatic rings. The summed E-state index contributed by atoms with van der Waals surface area (Å²) in [5.74, 6) is 0.548. The number of imidazole rings is 1. The van der Waals surface area contributed by atoms with Crippen LogP contribution in [0.5, 0.6) is 0 Å². The lowest BCUT2D eigenvalue weighted by Gasteiger charge is -2.28. The lowest BCUT2D eigenvalue weighted by Crippen LogP contribution is -2.44. The molecule has 2 amide bonds. The van der Waals surface area contributed by atoms with E-state index in [1.165, 1.54) is 0 Å². The van der Waals surface area contributed by atoms with Crippen molar-refractivity contribution in [2.45, 2.75) is 77.0 Å². The van der Waals surface area contributed by atoms with Gasteiger partial charge < -0.3 is 19.9 Å². The number of hydrogen-bond donors (Lipinski definition) is 2. The smallest absolute Gasteiger partial charge is 0.359 e. The molecule has 7 heteroatoms. The fourth-order valence-corrected chi connectivity index (χ4v) is 4.62. The van der Waals surface area contributed by atoms with Gasteiger partial charge >= 0.3 is 12.0 Å². The monoisotopic (exact) mass is 424 g/mol. The number of urea groups is 1. The summed E-state index contributed by atoms with van der Waals surface area (Å²) in [6.45, 7) is 3.39. The molecule has 1 aromatic heterocycles. The summed E-state index contributed by atoms with van der Waals surface area (Å²) >= 11 is 0. The molecule has 0 atom stereocenters. The van der Waals surface area contributed by atoms with Gasteiger partial charge in [-0.25, -0.2) is 14.6 Å². The molecule has 1 saturated carbocycles. The maximum absolute atomic E-state index is 13.1. The average molecular weight is 425 g/mol. The molecule has 2 N–H and O–H groups in total. The average Bonchev–Trinajstić information content (AvgIpc) is 2.97. The Balaban J connectivity index is 1.44. The van der Waals surface area contributed by atoms with Crippen molar-refractivity contribution in [2.75, 3.05) is 6.54 Å². The molecule has 7 nitrogen and oxygen atoms in total. The zero-order valence-electron chi connectivity index (χ0n) is 18.2. The number of nitrogens with zero attached hydrogens (tertiary/aromatic N) is 2. The van der Waals surface area contributed by atoms with Crippen LogP contribution in [0.3, 0.4) is 0 Å². The number of amides is 2. The molecule has 1 aliphatic heterocycles. The zero-order valence-corrected chi connectivity index (χ0v) is 18.2. The van der Waals surface area contributed by atoms with Gasteiger partial charge in [0, 0.05) is 24.7 Å². The molecule has 2 aromatic rings. The molecule has 0 spiro atoms. The second kappa shape index (κ2) is 9.98. The van der Waals surface area contributed by atoms with E-state index < -0.39 is 0 Å². The zero-order chi connectivity index (χ0) is 21.6. The van der Waals surface area contributed by atoms with Gasteiger partial charge in [-0.05, 0) is 51.9 Å². The number of aromatic nitrogens is 2. The predicted octanol–water partition coefficient (Wildman–Crippen LogP) is 4.06. The number of carbonyl (C=O) groups is 2. The summed E-state index contributed by atoms with van der Waals surface area (Å²) in [5.41, 5.74) is 2.51. The van der Waals surface area contributed by atoms with Crippen LogP contribution in [0.1, 0.15) is 68.1 Å². The Hall–Kier alpha value is -2.83. The number of carbonyl (C=O) groups excluding carboxylic acids is 2. The van der Waals surface area contributed by atoms with Gasteiger partial charge in [0.25, 0.3) is 0 Å². The van der Waals surface area contributed by atoms with Crippen molar-refractivity contribution in [1.29, 1.82) is 0 Å². The Labute approximate surface area is 183 Å². The minimum atomic E-state index is -0.312. The molecule has 1 fully saturated rings. The molecule has 31 heavy (non-hydrogen) atoms. The van der Waals surface area contributed by atoms with Crippen molar-refractivity contribution in [3.8, 4) is 11.4 Å². The molecular formula is C24H32N4O3. The second-order valence-electron chi connectivity index (χ2n) is 8.44. The summed E-state index contributed by atoms with van der Waals surface area (Å²) in [6.07, 6.45) is 7.19. The summed E-state index contributed by atoms with van der Waals surface area (Å²) < 4.78 is 8.11. The number of fused-ring (bicyclic) bond motifs is 1. The van der Waals surface area contributed by atoms with Gasteiger partial charge in [0.1, 0.15) is 11.9 Å². The molecule has 1 aromatic carbocycles. The van der Waals surface area contributed by atoms with Crippen LogP contribution in [-0.2, 0) is 17.7 Å². The van der Waals surface area contributed by atoms with E-state index in [1.807, 2.05) is 37.3 Å². The van der Waals surface area contributed by atoms with E-state index in [4.69, 9.17) is 9.72 Å². The van der Waals surface area contributed by atoms with Gasteiger partial charge in [-0.1, -0.05) is 36.8 Å². The van der Waals surface area contributed by atoms with Crippen molar-refractivity contribution in [1.82, 2.24) is 20.2 Å². The standard InChI is InChI=1S/C24H32N4O3/c1-2-25-24(30)26-18-12-14-19(15-13-18)31-23(29)21-20-11-7-4-8-16-28(20)22(27-21)17-9-5-3-6-10-17/h3,5-6,9-10,18-19H,2,4,7-8,11-16H2,1H3,(H2,25,26,30). The number of hydrogen-bond acceptors (Lipinski definition) is 4. The van der Waals surface area contributed by atoms with Crippen LogP contribution < -0.4 is 10.6 Å². The first-order chi connectivity index (χ1) is 15.2. The number of benzene rings is 1. The Bertz CT molecular complexity index is 901. The quantitative estimate of drug-likeness (QED) is 0.709. The molecule has 0 saturated heterocycles. The molecule has 0 bridgehead atoms. The first kappa shape index (κ1) is 21.4. The van der Waals surface area contributed by atoms with E-state index in [0.717, 1.165) is 75.0 Å². The first-order valence-corrected chi connectivity index (χ1v) is 11.6. The SMILES string of the molecule is CCNC(=O)NC1CCC(OC(=O)c2nc(-c3ccccc3)n3c2CCCCC3)CC1. The number of ether oxygens (including phenoxy) is 1. The highest BCUT2D eigenvalue weighted by atomic mass is 16.5. The van der Waals surface area contributed by atoms with Gasteiger partial charge in [-0.15, -0.1) is 0 Å². The molecular weight excluding hydrogens is 392 g/mol. The highest BCUT2D eigenvalue weighted by Crippen LogP contribution is 2.29. The van der Waals surface area contributed by atoms with Gasteiger partial charge in [-0.2, -0.15) is 0 Å². The molecule has 166 valence electrons. The van der Waals surface area contributed by atoms with Gasteiger partial charge in [-0.3, -0.25) is 0 Å². The van der Waals surface area contributed by atoms with Crippen LogP contribution >= 0.6 is 0 Å². The topological polar surface area (TPSA) is 85.2 Å². The highest BCUT2D eigenvalue weighted by Gasteiger charge is 2.29. The summed E-state index contributed by atoms with van der Waals surface area (Å²) in [7, 11) is 0. The third-order valence-corrected chi connectivity index (χ3v) is 6.21. The van der Waals surface area contributed by atoms with Crippen molar-refractivity contribution >= 4 is 12.0 Å². The maximum Gasteiger partial charge on any atom is 0.359 e. The van der Waals surface area contributed by atoms with E-state index in [1.54, 1.807) is 0 Å². The molecule has 0 unspecified atom stereocenters.